The summed E-state index contributed by atoms with van der Waals surface area (Å²) in [6, 6.07) is 8.47. The summed E-state index contributed by atoms with van der Waals surface area (Å²) in [5.74, 6) is -0.238. The van der Waals surface area contributed by atoms with Gasteiger partial charge in [0.25, 0.3) is 0 Å². The molecule has 0 saturated carbocycles. The molecule has 0 unspecified atom stereocenters. The number of aryl methyl sites for hydroxylation is 1. The van der Waals surface area contributed by atoms with Gasteiger partial charge in [-0.25, -0.2) is 8.42 Å². The number of likely N-dealkylation sites (N-methyl/N-ethyl adjacent to an activating group) is 1. The van der Waals surface area contributed by atoms with Crippen LogP contribution in [0.4, 0.5) is 5.69 Å². The summed E-state index contributed by atoms with van der Waals surface area (Å²) in [6.45, 7) is 2.92. The predicted molar refractivity (Wildman–Crippen MR) is 93.6 cm³/mol. The largest absolute Gasteiger partial charge is 0.324 e. The summed E-state index contributed by atoms with van der Waals surface area (Å²) >= 11 is 1.66. The van der Waals surface area contributed by atoms with Crippen LogP contribution in [0.25, 0.3) is 0 Å². The number of thiophene rings is 1. The Labute approximate surface area is 140 Å². The molecule has 2 rings (SSSR count). The zero-order chi connectivity index (χ0) is 17.0. The normalized spacial score (nSPS) is 11.7. The number of carbonyl (C=O) groups excluding carboxylic acids is 1. The average molecular weight is 352 g/mol. The Morgan fingerprint density at radius 1 is 1.26 bits per heavy atom. The molecule has 1 amide bonds. The molecule has 1 N–H and O–H groups in total. The van der Waals surface area contributed by atoms with Crippen molar-refractivity contribution in [2.75, 3.05) is 25.2 Å². The van der Waals surface area contributed by atoms with Crippen LogP contribution in [0.2, 0.25) is 0 Å². The molecule has 7 heteroatoms. The summed E-state index contributed by atoms with van der Waals surface area (Å²) in [7, 11) is -1.52. The maximum atomic E-state index is 12.2. The molecule has 0 aliphatic carbocycles. The smallest absolute Gasteiger partial charge is 0.238 e. The molecule has 0 aliphatic heterocycles. The van der Waals surface area contributed by atoms with Crippen molar-refractivity contribution >= 4 is 32.8 Å². The summed E-state index contributed by atoms with van der Waals surface area (Å²) in [5.41, 5.74) is 1.53. The molecule has 5 nitrogen and oxygen atoms in total. The maximum Gasteiger partial charge on any atom is 0.238 e. The number of para-hydroxylation sites is 1. The summed E-state index contributed by atoms with van der Waals surface area (Å²) in [5, 5.41) is 4.71. The second-order valence-corrected chi connectivity index (χ2v) is 8.50. The van der Waals surface area contributed by atoms with Crippen molar-refractivity contribution in [2.24, 2.45) is 0 Å². The third-order valence-corrected chi connectivity index (χ3v) is 5.52. The standard InChI is InChI=1S/C16H20N2O3S2/c1-12-8-9-22-14(12)10-18(2)11-16(19)17-13-6-4-5-7-15(13)23(3,20)21/h4-9H,10-11H2,1-3H3,(H,17,19). The second-order valence-electron chi connectivity index (χ2n) is 5.52. The number of benzene rings is 1. The van der Waals surface area contributed by atoms with Gasteiger partial charge in [-0.1, -0.05) is 12.1 Å². The number of anilines is 1. The van der Waals surface area contributed by atoms with Crippen LogP contribution < -0.4 is 5.32 Å². The van der Waals surface area contributed by atoms with E-state index in [4.69, 9.17) is 0 Å². The highest BCUT2D eigenvalue weighted by atomic mass is 32.2. The minimum Gasteiger partial charge on any atom is -0.324 e. The molecule has 1 heterocycles. The molecular weight excluding hydrogens is 332 g/mol. The first-order chi connectivity index (χ1) is 10.8. The van der Waals surface area contributed by atoms with Gasteiger partial charge in [0.15, 0.2) is 9.84 Å². The molecule has 23 heavy (non-hydrogen) atoms. The van der Waals surface area contributed by atoms with E-state index < -0.39 is 9.84 Å². The third kappa shape index (κ3) is 4.89. The first-order valence-corrected chi connectivity index (χ1v) is 9.85. The molecule has 2 aromatic rings. The van der Waals surface area contributed by atoms with Gasteiger partial charge in [0.05, 0.1) is 17.1 Å². The van der Waals surface area contributed by atoms with Gasteiger partial charge >= 0.3 is 0 Å². The number of hydrogen-bond acceptors (Lipinski definition) is 5. The van der Waals surface area contributed by atoms with E-state index in [-0.39, 0.29) is 17.3 Å². The van der Waals surface area contributed by atoms with Crippen LogP contribution in [0.1, 0.15) is 10.4 Å². The van der Waals surface area contributed by atoms with E-state index in [0.717, 1.165) is 6.26 Å². The van der Waals surface area contributed by atoms with E-state index in [9.17, 15) is 13.2 Å². The predicted octanol–water partition coefficient (Wildman–Crippen LogP) is 2.53. The van der Waals surface area contributed by atoms with Crippen molar-refractivity contribution in [3.8, 4) is 0 Å². The minimum absolute atomic E-state index is 0.130. The monoisotopic (exact) mass is 352 g/mol. The van der Waals surface area contributed by atoms with Gasteiger partial charge in [-0.2, -0.15) is 0 Å². The zero-order valence-electron chi connectivity index (χ0n) is 13.4. The number of rotatable bonds is 6. The molecule has 124 valence electrons. The fraction of sp³-hybridized carbons (Fsp3) is 0.312. The third-order valence-electron chi connectivity index (χ3n) is 3.36. The summed E-state index contributed by atoms with van der Waals surface area (Å²) in [4.78, 5) is 15.4. The molecule has 0 spiro atoms. The highest BCUT2D eigenvalue weighted by molar-refractivity contribution is 7.90. The number of amides is 1. The van der Waals surface area contributed by atoms with E-state index >= 15 is 0 Å². The van der Waals surface area contributed by atoms with Gasteiger partial charge < -0.3 is 5.32 Å². The Morgan fingerprint density at radius 3 is 2.57 bits per heavy atom. The van der Waals surface area contributed by atoms with Crippen LogP contribution >= 0.6 is 11.3 Å². The fourth-order valence-electron chi connectivity index (χ4n) is 2.20. The van der Waals surface area contributed by atoms with Crippen LogP contribution in [0.5, 0.6) is 0 Å². The fourth-order valence-corrected chi connectivity index (χ4v) is 4.02. The summed E-state index contributed by atoms with van der Waals surface area (Å²) in [6.07, 6.45) is 1.13. The van der Waals surface area contributed by atoms with Crippen molar-refractivity contribution in [3.05, 3.63) is 46.2 Å². The lowest BCUT2D eigenvalue weighted by Gasteiger charge is -2.16. The quantitative estimate of drug-likeness (QED) is 0.867. The van der Waals surface area contributed by atoms with Crippen LogP contribution in [-0.2, 0) is 21.2 Å². The molecule has 0 atom stereocenters. The highest BCUT2D eigenvalue weighted by Gasteiger charge is 2.15. The van der Waals surface area contributed by atoms with Crippen molar-refractivity contribution in [1.29, 1.82) is 0 Å². The SMILES string of the molecule is Cc1ccsc1CN(C)CC(=O)Nc1ccccc1S(C)(=O)=O. The topological polar surface area (TPSA) is 66.5 Å². The van der Waals surface area contributed by atoms with Gasteiger partial charge in [-0.15, -0.1) is 11.3 Å². The molecule has 1 aromatic carbocycles. The minimum atomic E-state index is -3.38. The van der Waals surface area contributed by atoms with Gasteiger partial charge in [0.2, 0.25) is 5.91 Å². The first kappa shape index (κ1) is 17.7. The zero-order valence-corrected chi connectivity index (χ0v) is 15.0. The number of nitrogens with one attached hydrogen (secondary N) is 1. The van der Waals surface area contributed by atoms with Crippen LogP contribution in [0.3, 0.4) is 0 Å². The lowest BCUT2D eigenvalue weighted by Crippen LogP contribution is -2.30. The second kappa shape index (κ2) is 7.25. The lowest BCUT2D eigenvalue weighted by atomic mass is 10.3. The lowest BCUT2D eigenvalue weighted by molar-refractivity contribution is -0.117. The Morgan fingerprint density at radius 2 is 1.96 bits per heavy atom. The number of nitrogens with zero attached hydrogens (tertiary/aromatic N) is 1. The Bertz CT molecular complexity index is 797. The van der Waals surface area contributed by atoms with E-state index in [1.807, 2.05) is 24.3 Å². The molecule has 0 radical (unpaired) electrons. The van der Waals surface area contributed by atoms with Gasteiger partial charge in [-0.3, -0.25) is 9.69 Å². The van der Waals surface area contributed by atoms with E-state index in [1.54, 1.807) is 29.5 Å². The number of sulfone groups is 1. The Balaban J connectivity index is 2.02. The Kier molecular flexibility index (Phi) is 5.56. The first-order valence-electron chi connectivity index (χ1n) is 7.08. The maximum absolute atomic E-state index is 12.2. The van der Waals surface area contributed by atoms with Crippen LogP contribution in [0, 0.1) is 6.92 Å². The van der Waals surface area contributed by atoms with Crippen molar-refractivity contribution in [3.63, 3.8) is 0 Å². The van der Waals surface area contributed by atoms with Crippen molar-refractivity contribution in [2.45, 2.75) is 18.4 Å². The Hall–Kier alpha value is -1.70. The van der Waals surface area contributed by atoms with E-state index in [0.29, 0.717) is 12.2 Å². The molecule has 1 aromatic heterocycles. The van der Waals surface area contributed by atoms with Crippen LogP contribution in [-0.4, -0.2) is 39.1 Å². The van der Waals surface area contributed by atoms with Crippen molar-refractivity contribution < 1.29 is 13.2 Å². The van der Waals surface area contributed by atoms with Gasteiger partial charge in [-0.05, 0) is 43.1 Å². The highest BCUT2D eigenvalue weighted by Crippen LogP contribution is 2.21. The molecule has 0 aliphatic rings. The average Bonchev–Trinajstić information content (AvgIpc) is 2.83. The van der Waals surface area contributed by atoms with E-state index in [2.05, 4.69) is 11.4 Å². The van der Waals surface area contributed by atoms with Gasteiger partial charge in [0.1, 0.15) is 0 Å². The van der Waals surface area contributed by atoms with Gasteiger partial charge in [0, 0.05) is 17.7 Å². The number of carbonyl (C=O) groups is 1. The molecule has 0 saturated heterocycles. The molecular formula is C16H20N2O3S2. The number of hydrogen-bond donors (Lipinski definition) is 1. The van der Waals surface area contributed by atoms with E-state index in [1.165, 1.54) is 16.5 Å². The molecule has 0 bridgehead atoms. The van der Waals surface area contributed by atoms with Crippen LogP contribution in [0.15, 0.2) is 40.6 Å². The summed E-state index contributed by atoms with van der Waals surface area (Å²) < 4.78 is 23.5. The van der Waals surface area contributed by atoms with Crippen molar-refractivity contribution in [1.82, 2.24) is 4.90 Å². The molecule has 0 fully saturated rings.